The number of likely N-dealkylation sites (N-methyl/N-ethyl adjacent to an activating group) is 1. The molecule has 0 saturated carbocycles. The van der Waals surface area contributed by atoms with Crippen molar-refractivity contribution in [1.82, 2.24) is 24.8 Å². The summed E-state index contributed by atoms with van der Waals surface area (Å²) in [5, 5.41) is 4.30. The molecule has 1 aliphatic heterocycles. The second-order valence-corrected chi connectivity index (χ2v) is 6.39. The Morgan fingerprint density at radius 3 is 2.69 bits per heavy atom. The molecule has 4 rings (SSSR count). The molecule has 1 amide bonds. The van der Waals surface area contributed by atoms with Crippen molar-refractivity contribution in [3.63, 3.8) is 0 Å². The number of amides is 1. The number of aromatic nitrogens is 3. The maximum atomic E-state index is 12.7. The summed E-state index contributed by atoms with van der Waals surface area (Å²) in [5.41, 5.74) is 2.11. The standard InChI is InChI=1S/C19H20N6O/c1-24-8-10-25(11-9-24)19(26)16-12-17(22-13-21-16)23-15-6-2-4-14-5-3-7-20-18(14)15/h2-7,12-13H,8-11H2,1H3,(H,21,22,23). The number of carbonyl (C=O) groups excluding carboxylic acids is 1. The summed E-state index contributed by atoms with van der Waals surface area (Å²) >= 11 is 0. The molecule has 0 atom stereocenters. The third-order valence-corrected chi connectivity index (χ3v) is 4.57. The van der Waals surface area contributed by atoms with Crippen molar-refractivity contribution in [2.75, 3.05) is 38.5 Å². The normalized spacial score (nSPS) is 15.2. The van der Waals surface area contributed by atoms with Crippen molar-refractivity contribution in [2.24, 2.45) is 0 Å². The van der Waals surface area contributed by atoms with Crippen LogP contribution in [0.1, 0.15) is 10.5 Å². The van der Waals surface area contributed by atoms with Gasteiger partial charge >= 0.3 is 0 Å². The van der Waals surface area contributed by atoms with E-state index in [9.17, 15) is 4.79 Å². The van der Waals surface area contributed by atoms with Crippen molar-refractivity contribution < 1.29 is 4.79 Å². The molecular formula is C19H20N6O. The molecular weight excluding hydrogens is 328 g/mol. The average Bonchev–Trinajstić information content (AvgIpc) is 2.69. The largest absolute Gasteiger partial charge is 0.338 e. The van der Waals surface area contributed by atoms with Crippen LogP contribution in [0.2, 0.25) is 0 Å². The number of nitrogens with one attached hydrogen (secondary N) is 1. The highest BCUT2D eigenvalue weighted by molar-refractivity contribution is 5.94. The number of fused-ring (bicyclic) bond motifs is 1. The number of benzene rings is 1. The average molecular weight is 348 g/mol. The summed E-state index contributed by atoms with van der Waals surface area (Å²) in [5.74, 6) is 0.523. The van der Waals surface area contributed by atoms with E-state index in [4.69, 9.17) is 0 Å². The SMILES string of the molecule is CN1CCN(C(=O)c2cc(Nc3cccc4cccnc34)ncn2)CC1. The van der Waals surface area contributed by atoms with E-state index in [0.29, 0.717) is 11.5 Å². The van der Waals surface area contributed by atoms with E-state index in [1.54, 1.807) is 12.3 Å². The minimum Gasteiger partial charge on any atom is -0.338 e. The van der Waals surface area contributed by atoms with Crippen LogP contribution < -0.4 is 5.32 Å². The van der Waals surface area contributed by atoms with Gasteiger partial charge in [-0.1, -0.05) is 18.2 Å². The predicted octanol–water partition coefficient (Wildman–Crippen LogP) is 2.16. The first kappa shape index (κ1) is 16.4. The second kappa shape index (κ2) is 7.05. The fourth-order valence-corrected chi connectivity index (χ4v) is 3.06. The van der Waals surface area contributed by atoms with E-state index < -0.39 is 0 Å². The number of nitrogens with zero attached hydrogens (tertiary/aromatic N) is 5. The number of hydrogen-bond acceptors (Lipinski definition) is 6. The number of anilines is 2. The van der Waals surface area contributed by atoms with Crippen LogP contribution in [0.3, 0.4) is 0 Å². The lowest BCUT2D eigenvalue weighted by molar-refractivity contribution is 0.0658. The van der Waals surface area contributed by atoms with E-state index in [-0.39, 0.29) is 5.91 Å². The molecule has 26 heavy (non-hydrogen) atoms. The molecule has 0 aliphatic carbocycles. The van der Waals surface area contributed by atoms with Gasteiger partial charge in [0.15, 0.2) is 0 Å². The molecule has 1 saturated heterocycles. The molecule has 132 valence electrons. The fraction of sp³-hybridized carbons (Fsp3) is 0.263. The van der Waals surface area contributed by atoms with Gasteiger partial charge in [-0.3, -0.25) is 9.78 Å². The topological polar surface area (TPSA) is 74.2 Å². The van der Waals surface area contributed by atoms with Crippen LogP contribution >= 0.6 is 0 Å². The monoisotopic (exact) mass is 348 g/mol. The minimum absolute atomic E-state index is 0.0559. The Morgan fingerprint density at radius 1 is 1.04 bits per heavy atom. The quantitative estimate of drug-likeness (QED) is 0.782. The maximum absolute atomic E-state index is 12.7. The highest BCUT2D eigenvalue weighted by Gasteiger charge is 2.21. The van der Waals surface area contributed by atoms with Crippen molar-refractivity contribution >= 4 is 28.3 Å². The summed E-state index contributed by atoms with van der Waals surface area (Å²) in [6.45, 7) is 3.19. The van der Waals surface area contributed by atoms with Gasteiger partial charge in [0.05, 0.1) is 11.2 Å². The molecule has 7 heteroatoms. The van der Waals surface area contributed by atoms with Crippen LogP contribution in [-0.2, 0) is 0 Å². The molecule has 0 unspecified atom stereocenters. The number of para-hydroxylation sites is 1. The van der Waals surface area contributed by atoms with Gasteiger partial charge in [0.1, 0.15) is 17.8 Å². The van der Waals surface area contributed by atoms with Gasteiger partial charge in [-0.05, 0) is 19.2 Å². The van der Waals surface area contributed by atoms with Gasteiger partial charge in [-0.15, -0.1) is 0 Å². The molecule has 7 nitrogen and oxygen atoms in total. The summed E-state index contributed by atoms with van der Waals surface area (Å²) in [6, 6.07) is 11.5. The minimum atomic E-state index is -0.0559. The van der Waals surface area contributed by atoms with Gasteiger partial charge in [0.25, 0.3) is 5.91 Å². The zero-order chi connectivity index (χ0) is 17.9. The lowest BCUT2D eigenvalue weighted by atomic mass is 10.2. The number of carbonyl (C=O) groups is 1. The number of piperazine rings is 1. The van der Waals surface area contributed by atoms with Crippen molar-refractivity contribution in [2.45, 2.75) is 0 Å². The Bertz CT molecular complexity index is 931. The molecule has 2 aromatic heterocycles. The Labute approximate surface area is 151 Å². The predicted molar refractivity (Wildman–Crippen MR) is 100 cm³/mol. The highest BCUT2D eigenvalue weighted by Crippen LogP contribution is 2.23. The summed E-state index contributed by atoms with van der Waals surface area (Å²) in [7, 11) is 2.06. The van der Waals surface area contributed by atoms with Crippen molar-refractivity contribution in [1.29, 1.82) is 0 Å². The van der Waals surface area contributed by atoms with Crippen LogP contribution in [0.15, 0.2) is 48.9 Å². The molecule has 0 spiro atoms. The van der Waals surface area contributed by atoms with E-state index >= 15 is 0 Å². The first-order valence-electron chi connectivity index (χ1n) is 8.61. The Hall–Kier alpha value is -3.06. The lowest BCUT2D eigenvalue weighted by Gasteiger charge is -2.32. The van der Waals surface area contributed by atoms with E-state index in [1.165, 1.54) is 6.33 Å². The van der Waals surface area contributed by atoms with Gasteiger partial charge in [0, 0.05) is 43.8 Å². The van der Waals surface area contributed by atoms with Crippen molar-refractivity contribution in [3.8, 4) is 0 Å². The van der Waals surface area contributed by atoms with Gasteiger partial charge in [-0.25, -0.2) is 9.97 Å². The molecule has 1 fully saturated rings. The Balaban J connectivity index is 1.57. The highest BCUT2D eigenvalue weighted by atomic mass is 16.2. The summed E-state index contributed by atoms with van der Waals surface area (Å²) in [4.78, 5) is 29.6. The smallest absolute Gasteiger partial charge is 0.272 e. The van der Waals surface area contributed by atoms with Crippen LogP contribution in [0.4, 0.5) is 11.5 Å². The number of rotatable bonds is 3. The summed E-state index contributed by atoms with van der Waals surface area (Å²) in [6.07, 6.45) is 3.18. The summed E-state index contributed by atoms with van der Waals surface area (Å²) < 4.78 is 0. The molecule has 1 N–H and O–H groups in total. The zero-order valence-corrected chi connectivity index (χ0v) is 14.6. The van der Waals surface area contributed by atoms with Crippen LogP contribution in [0, 0.1) is 0 Å². The molecule has 0 radical (unpaired) electrons. The Kier molecular flexibility index (Phi) is 4.45. The van der Waals surface area contributed by atoms with E-state index in [2.05, 4.69) is 32.2 Å². The molecule has 0 bridgehead atoms. The van der Waals surface area contributed by atoms with E-state index in [1.807, 2.05) is 35.2 Å². The first-order valence-corrected chi connectivity index (χ1v) is 8.61. The zero-order valence-electron chi connectivity index (χ0n) is 14.6. The van der Waals surface area contributed by atoms with Gasteiger partial charge < -0.3 is 15.1 Å². The van der Waals surface area contributed by atoms with Crippen LogP contribution in [-0.4, -0.2) is 63.9 Å². The first-order chi connectivity index (χ1) is 12.7. The van der Waals surface area contributed by atoms with Gasteiger partial charge in [-0.2, -0.15) is 0 Å². The van der Waals surface area contributed by atoms with Crippen LogP contribution in [0.5, 0.6) is 0 Å². The fourth-order valence-electron chi connectivity index (χ4n) is 3.06. The van der Waals surface area contributed by atoms with E-state index in [0.717, 1.165) is 42.8 Å². The second-order valence-electron chi connectivity index (χ2n) is 6.39. The van der Waals surface area contributed by atoms with Gasteiger partial charge in [0.2, 0.25) is 0 Å². The lowest BCUT2D eigenvalue weighted by Crippen LogP contribution is -2.47. The number of hydrogen-bond donors (Lipinski definition) is 1. The van der Waals surface area contributed by atoms with Crippen LogP contribution in [0.25, 0.3) is 10.9 Å². The molecule has 1 aromatic carbocycles. The molecule has 3 aromatic rings. The van der Waals surface area contributed by atoms with Crippen molar-refractivity contribution in [3.05, 3.63) is 54.6 Å². The third-order valence-electron chi connectivity index (χ3n) is 4.57. The Morgan fingerprint density at radius 2 is 1.85 bits per heavy atom. The number of pyridine rings is 1. The molecule has 1 aliphatic rings. The third kappa shape index (κ3) is 3.34. The molecule has 3 heterocycles. The maximum Gasteiger partial charge on any atom is 0.272 e.